The third kappa shape index (κ3) is 61.6. The van der Waals surface area contributed by atoms with Gasteiger partial charge in [-0.05, 0) is 44.9 Å². The molecule has 444 valence electrons. The van der Waals surface area contributed by atoms with E-state index in [4.69, 9.17) is 24.3 Å². The molecular weight excluding hydrogens is 954 g/mol. The summed E-state index contributed by atoms with van der Waals surface area (Å²) in [6.07, 6.45) is 74.2. The van der Waals surface area contributed by atoms with Crippen LogP contribution >= 0.6 is 7.82 Å². The van der Waals surface area contributed by atoms with Crippen molar-refractivity contribution in [1.82, 2.24) is 0 Å². The standard InChI is InChI=1S/C65H126NO8P/c1-3-5-7-9-11-13-15-17-19-21-23-24-25-26-27-28-29-30-31-32-33-34-35-36-37-38-40-41-43-45-47-49-51-53-55-57-64(67)71-61-63(62-73-75(69,70)72-60-59-66)74-65(68)58-56-54-52-50-48-46-44-42-39-22-20-18-16-14-12-10-8-6-4-2/h12,14,18,20,63H,3-11,13,15-17,19,21-62,66H2,1-2H3,(H,69,70)/b14-12-,20-18-. The molecule has 0 saturated heterocycles. The summed E-state index contributed by atoms with van der Waals surface area (Å²) in [5, 5.41) is 0. The summed E-state index contributed by atoms with van der Waals surface area (Å²) < 4.78 is 33.1. The van der Waals surface area contributed by atoms with E-state index in [0.717, 1.165) is 51.4 Å². The molecule has 0 aromatic heterocycles. The third-order valence-corrected chi connectivity index (χ3v) is 15.8. The number of hydrogen-bond donors (Lipinski definition) is 2. The van der Waals surface area contributed by atoms with Crippen LogP contribution in [0.1, 0.15) is 348 Å². The molecule has 10 heteroatoms. The molecule has 2 unspecified atom stereocenters. The molecule has 0 aliphatic carbocycles. The van der Waals surface area contributed by atoms with Gasteiger partial charge in [-0.3, -0.25) is 18.6 Å². The van der Waals surface area contributed by atoms with Gasteiger partial charge in [0.1, 0.15) is 6.61 Å². The number of nitrogens with two attached hydrogens (primary N) is 1. The largest absolute Gasteiger partial charge is 0.472 e. The third-order valence-electron chi connectivity index (χ3n) is 14.8. The number of unbranched alkanes of at least 4 members (excludes halogenated alkanes) is 46. The van der Waals surface area contributed by atoms with Gasteiger partial charge in [-0.2, -0.15) is 0 Å². The van der Waals surface area contributed by atoms with Gasteiger partial charge in [0.15, 0.2) is 6.10 Å². The van der Waals surface area contributed by atoms with Crippen molar-refractivity contribution in [2.24, 2.45) is 5.73 Å². The number of carbonyl (C=O) groups is 2. The van der Waals surface area contributed by atoms with Crippen molar-refractivity contribution in [2.45, 2.75) is 354 Å². The van der Waals surface area contributed by atoms with Crippen molar-refractivity contribution in [1.29, 1.82) is 0 Å². The van der Waals surface area contributed by atoms with Crippen molar-refractivity contribution >= 4 is 19.8 Å². The summed E-state index contributed by atoms with van der Waals surface area (Å²) in [6, 6.07) is 0. The second-order valence-electron chi connectivity index (χ2n) is 22.3. The molecule has 0 radical (unpaired) electrons. The number of phosphoric acid groups is 1. The highest BCUT2D eigenvalue weighted by Gasteiger charge is 2.26. The molecular formula is C65H126NO8P. The Kier molecular flexibility index (Phi) is 60.5. The van der Waals surface area contributed by atoms with E-state index in [2.05, 4.69) is 38.2 Å². The number of rotatable bonds is 63. The van der Waals surface area contributed by atoms with Crippen LogP contribution in [0.15, 0.2) is 24.3 Å². The highest BCUT2D eigenvalue weighted by atomic mass is 31.2. The molecule has 2 atom stereocenters. The quantitative estimate of drug-likeness (QED) is 0.0264. The van der Waals surface area contributed by atoms with Crippen LogP contribution < -0.4 is 5.73 Å². The van der Waals surface area contributed by atoms with Crippen LogP contribution in [0, 0.1) is 0 Å². The Morgan fingerprint density at radius 1 is 0.400 bits per heavy atom. The van der Waals surface area contributed by atoms with Crippen LogP contribution in [0.2, 0.25) is 0 Å². The van der Waals surface area contributed by atoms with Crippen molar-refractivity contribution in [3.63, 3.8) is 0 Å². The molecule has 0 fully saturated rings. The van der Waals surface area contributed by atoms with Gasteiger partial charge in [0.25, 0.3) is 0 Å². The normalized spacial score (nSPS) is 13.1. The van der Waals surface area contributed by atoms with E-state index in [1.54, 1.807) is 0 Å². The minimum Gasteiger partial charge on any atom is -0.462 e. The monoisotopic (exact) mass is 1080 g/mol. The van der Waals surface area contributed by atoms with Gasteiger partial charge in [0.05, 0.1) is 13.2 Å². The molecule has 0 rings (SSSR count). The maximum Gasteiger partial charge on any atom is 0.472 e. The minimum atomic E-state index is -4.39. The topological polar surface area (TPSA) is 134 Å². The Hall–Kier alpha value is -1.51. The van der Waals surface area contributed by atoms with Crippen LogP contribution in [0.25, 0.3) is 0 Å². The number of phosphoric ester groups is 1. The predicted molar refractivity (Wildman–Crippen MR) is 321 cm³/mol. The first-order valence-corrected chi connectivity index (χ1v) is 34.3. The van der Waals surface area contributed by atoms with Gasteiger partial charge in [-0.1, -0.05) is 314 Å². The predicted octanol–water partition coefficient (Wildman–Crippen LogP) is 21.0. The fraction of sp³-hybridized carbons (Fsp3) is 0.908. The molecule has 3 N–H and O–H groups in total. The molecule has 0 aliphatic rings. The smallest absolute Gasteiger partial charge is 0.462 e. The lowest BCUT2D eigenvalue weighted by atomic mass is 10.0. The van der Waals surface area contributed by atoms with Crippen LogP contribution in [-0.2, 0) is 32.7 Å². The summed E-state index contributed by atoms with van der Waals surface area (Å²) in [6.45, 7) is 3.78. The molecule has 0 amide bonds. The average Bonchev–Trinajstić information content (AvgIpc) is 3.40. The van der Waals surface area contributed by atoms with E-state index in [-0.39, 0.29) is 38.6 Å². The van der Waals surface area contributed by atoms with Crippen molar-refractivity contribution in [3.05, 3.63) is 24.3 Å². The van der Waals surface area contributed by atoms with Crippen molar-refractivity contribution < 1.29 is 37.6 Å². The summed E-state index contributed by atoms with van der Waals surface area (Å²) in [4.78, 5) is 35.2. The number of carbonyl (C=O) groups excluding carboxylic acids is 2. The van der Waals surface area contributed by atoms with Crippen LogP contribution in [0.3, 0.4) is 0 Å². The Bertz CT molecular complexity index is 1280. The molecule has 0 spiro atoms. The van der Waals surface area contributed by atoms with E-state index in [1.165, 1.54) is 263 Å². The first-order chi connectivity index (χ1) is 36.8. The summed E-state index contributed by atoms with van der Waals surface area (Å²) in [7, 11) is -4.39. The highest BCUT2D eigenvalue weighted by Crippen LogP contribution is 2.43. The Balaban J connectivity index is 3.78. The van der Waals surface area contributed by atoms with E-state index in [0.29, 0.717) is 6.42 Å². The van der Waals surface area contributed by atoms with Crippen molar-refractivity contribution in [2.75, 3.05) is 26.4 Å². The van der Waals surface area contributed by atoms with Crippen LogP contribution in [0.4, 0.5) is 0 Å². The molecule has 0 aromatic rings. The Labute approximate surface area is 465 Å². The fourth-order valence-corrected chi connectivity index (χ4v) is 10.7. The molecule has 0 heterocycles. The van der Waals surface area contributed by atoms with E-state index in [9.17, 15) is 19.0 Å². The van der Waals surface area contributed by atoms with Gasteiger partial charge in [-0.25, -0.2) is 4.57 Å². The summed E-state index contributed by atoms with van der Waals surface area (Å²) in [5.41, 5.74) is 5.39. The Morgan fingerprint density at radius 2 is 0.693 bits per heavy atom. The van der Waals surface area contributed by atoms with Gasteiger partial charge < -0.3 is 20.1 Å². The summed E-state index contributed by atoms with van der Waals surface area (Å²) in [5.74, 6) is -0.814. The lowest BCUT2D eigenvalue weighted by molar-refractivity contribution is -0.161. The van der Waals surface area contributed by atoms with Gasteiger partial charge in [-0.15, -0.1) is 0 Å². The first kappa shape index (κ1) is 73.5. The second kappa shape index (κ2) is 61.7. The summed E-state index contributed by atoms with van der Waals surface area (Å²) >= 11 is 0. The van der Waals surface area contributed by atoms with E-state index < -0.39 is 26.5 Å². The molecule has 0 aromatic carbocycles. The van der Waals surface area contributed by atoms with E-state index >= 15 is 0 Å². The molecule has 9 nitrogen and oxygen atoms in total. The average molecular weight is 1080 g/mol. The maximum atomic E-state index is 12.7. The first-order valence-electron chi connectivity index (χ1n) is 32.8. The highest BCUT2D eigenvalue weighted by molar-refractivity contribution is 7.47. The second-order valence-corrected chi connectivity index (χ2v) is 23.8. The minimum absolute atomic E-state index is 0.0548. The van der Waals surface area contributed by atoms with Crippen LogP contribution in [-0.4, -0.2) is 49.3 Å². The van der Waals surface area contributed by atoms with Gasteiger partial charge in [0.2, 0.25) is 0 Å². The van der Waals surface area contributed by atoms with Gasteiger partial charge in [0, 0.05) is 19.4 Å². The zero-order valence-corrected chi connectivity index (χ0v) is 50.7. The van der Waals surface area contributed by atoms with E-state index in [1.807, 2.05) is 0 Å². The van der Waals surface area contributed by atoms with Gasteiger partial charge >= 0.3 is 19.8 Å². The Morgan fingerprint density at radius 3 is 1.04 bits per heavy atom. The van der Waals surface area contributed by atoms with Crippen LogP contribution in [0.5, 0.6) is 0 Å². The lowest BCUT2D eigenvalue weighted by Gasteiger charge is -2.19. The zero-order valence-electron chi connectivity index (χ0n) is 49.8. The maximum absolute atomic E-state index is 12.7. The SMILES string of the molecule is CCCCC/C=C\C/C=C\CCCCCCCCCCCC(=O)OC(COC(=O)CCCCCCCCCCCCCCCCCCCCCCCCCCCCCCCCCCCCC)COP(=O)(O)OCCN. The number of allylic oxidation sites excluding steroid dienone is 4. The molecule has 75 heavy (non-hydrogen) atoms. The number of ether oxygens (including phenoxy) is 2. The number of esters is 2. The lowest BCUT2D eigenvalue weighted by Crippen LogP contribution is -2.29. The fourth-order valence-electron chi connectivity index (χ4n) is 9.97. The zero-order chi connectivity index (χ0) is 54.5. The number of hydrogen-bond acceptors (Lipinski definition) is 8. The molecule has 0 aliphatic heterocycles. The van der Waals surface area contributed by atoms with Crippen molar-refractivity contribution in [3.8, 4) is 0 Å². The molecule has 0 saturated carbocycles. The molecule has 0 bridgehead atoms.